The minimum absolute atomic E-state index is 0.0216. The summed E-state index contributed by atoms with van der Waals surface area (Å²) < 4.78 is 11.7. The van der Waals surface area contributed by atoms with Crippen molar-refractivity contribution in [1.29, 1.82) is 0 Å². The van der Waals surface area contributed by atoms with Gasteiger partial charge >= 0.3 is 7.12 Å². The topological polar surface area (TPSA) is 51.6 Å². The van der Waals surface area contributed by atoms with Crippen molar-refractivity contribution >= 4 is 12.6 Å². The van der Waals surface area contributed by atoms with Crippen molar-refractivity contribution in [2.45, 2.75) is 51.9 Å². The van der Waals surface area contributed by atoms with E-state index in [-0.39, 0.29) is 11.7 Å². The molecule has 98 valence electrons. The summed E-state index contributed by atoms with van der Waals surface area (Å²) in [7, 11) is -0.412. The predicted octanol–water partition coefficient (Wildman–Crippen LogP) is 1.22. The first-order valence-corrected chi connectivity index (χ1v) is 6.21. The van der Waals surface area contributed by atoms with Gasteiger partial charge in [0.05, 0.1) is 17.3 Å². The second-order valence-corrected chi connectivity index (χ2v) is 5.90. The zero-order valence-corrected chi connectivity index (χ0v) is 11.6. The molecule has 5 heteroatoms. The lowest BCUT2D eigenvalue weighted by Crippen LogP contribution is -2.36. The smallest absolute Gasteiger partial charge is 0.402 e. The average Bonchev–Trinajstić information content (AvgIpc) is 2.53. The molecule has 0 aromatic carbocycles. The Balaban J connectivity index is 2.26. The first-order valence-electron chi connectivity index (χ1n) is 6.21. The van der Waals surface area contributed by atoms with Gasteiger partial charge in [-0.2, -0.15) is 0 Å². The zero-order valence-electron chi connectivity index (χ0n) is 11.6. The largest absolute Gasteiger partial charge is 0.496 e. The number of aromatic nitrogens is 1. The first-order chi connectivity index (χ1) is 8.20. The summed E-state index contributed by atoms with van der Waals surface area (Å²) >= 11 is 0. The molecular weight excluding hydrogens is 229 g/mol. The Bertz CT molecular complexity index is 442. The summed E-state index contributed by atoms with van der Waals surface area (Å²) in [5.41, 5.74) is 0.370. The first kappa shape index (κ1) is 13.5. The van der Waals surface area contributed by atoms with Crippen molar-refractivity contribution in [2.75, 3.05) is 0 Å². The fraction of sp³-hybridized carbons (Fsp3) is 0.615. The van der Waals surface area contributed by atoms with E-state index in [0.29, 0.717) is 0 Å². The third-order valence-electron chi connectivity index (χ3n) is 3.46. The van der Waals surface area contributed by atoms with Gasteiger partial charge in [0, 0.05) is 23.4 Å². The molecule has 1 aliphatic heterocycles. The molecule has 1 atom stereocenters. The Kier molecular flexibility index (Phi) is 3.26. The Morgan fingerprint density at radius 3 is 2.56 bits per heavy atom. The van der Waals surface area contributed by atoms with E-state index >= 15 is 0 Å². The number of hydrogen-bond acceptors (Lipinski definition) is 4. The third-order valence-corrected chi connectivity index (χ3v) is 3.46. The molecule has 1 unspecified atom stereocenters. The minimum Gasteiger partial charge on any atom is -0.402 e. The molecule has 18 heavy (non-hydrogen) atoms. The van der Waals surface area contributed by atoms with Crippen molar-refractivity contribution in [3.63, 3.8) is 0 Å². The van der Waals surface area contributed by atoms with Gasteiger partial charge in [0.25, 0.3) is 0 Å². The molecule has 0 amide bonds. The third kappa shape index (κ3) is 2.58. The van der Waals surface area contributed by atoms with Crippen LogP contribution in [0.2, 0.25) is 0 Å². The van der Waals surface area contributed by atoms with Gasteiger partial charge in [-0.25, -0.2) is 0 Å². The predicted molar refractivity (Wildman–Crippen MR) is 70.6 cm³/mol. The van der Waals surface area contributed by atoms with Gasteiger partial charge in [-0.15, -0.1) is 0 Å². The molecule has 0 spiro atoms. The van der Waals surface area contributed by atoms with E-state index in [1.54, 1.807) is 26.2 Å². The van der Waals surface area contributed by atoms with Crippen LogP contribution in [0, 0.1) is 0 Å². The van der Waals surface area contributed by atoms with E-state index in [1.165, 1.54) is 0 Å². The molecule has 0 radical (unpaired) electrons. The highest BCUT2D eigenvalue weighted by Crippen LogP contribution is 2.27. The van der Waals surface area contributed by atoms with Crippen molar-refractivity contribution in [3.8, 4) is 0 Å². The molecule has 1 aliphatic rings. The second-order valence-electron chi connectivity index (χ2n) is 5.90. The maximum absolute atomic E-state index is 9.99. The normalized spacial score (nSPS) is 23.4. The molecule has 1 aromatic rings. The van der Waals surface area contributed by atoms with Gasteiger partial charge < -0.3 is 14.4 Å². The molecular formula is C13H20BNO3. The van der Waals surface area contributed by atoms with Crippen molar-refractivity contribution in [2.24, 2.45) is 0 Å². The van der Waals surface area contributed by atoms with E-state index in [0.717, 1.165) is 11.0 Å². The molecule has 1 fully saturated rings. The lowest BCUT2D eigenvalue weighted by Gasteiger charge is -2.21. The van der Waals surface area contributed by atoms with Crippen LogP contribution in [0.15, 0.2) is 18.5 Å². The Morgan fingerprint density at radius 1 is 1.39 bits per heavy atom. The minimum atomic E-state index is -0.914. The maximum Gasteiger partial charge on any atom is 0.496 e. The molecule has 4 nitrogen and oxygen atoms in total. The standard InChI is InChI=1S/C13H20BNO3/c1-9-13(4,5)18-14(17-9)11-6-10(7-15-8-11)12(2,3)16/h6-9,16H,1-5H3. The highest BCUT2D eigenvalue weighted by molar-refractivity contribution is 6.61. The van der Waals surface area contributed by atoms with E-state index in [9.17, 15) is 5.11 Å². The highest BCUT2D eigenvalue weighted by atomic mass is 16.7. The van der Waals surface area contributed by atoms with Crippen LogP contribution in [0.4, 0.5) is 0 Å². The molecule has 1 saturated heterocycles. The summed E-state index contributed by atoms with van der Waals surface area (Å²) in [5, 5.41) is 9.99. The fourth-order valence-corrected chi connectivity index (χ4v) is 1.82. The number of pyridine rings is 1. The van der Waals surface area contributed by atoms with Crippen LogP contribution in [0.3, 0.4) is 0 Å². The van der Waals surface area contributed by atoms with Crippen molar-refractivity contribution < 1.29 is 14.4 Å². The molecule has 0 bridgehead atoms. The van der Waals surface area contributed by atoms with Crippen molar-refractivity contribution in [1.82, 2.24) is 4.98 Å². The van der Waals surface area contributed by atoms with Crippen LogP contribution in [0.1, 0.15) is 40.2 Å². The molecule has 2 heterocycles. The number of aliphatic hydroxyl groups is 1. The highest BCUT2D eigenvalue weighted by Gasteiger charge is 2.44. The van der Waals surface area contributed by atoms with Crippen LogP contribution in [0.5, 0.6) is 0 Å². The van der Waals surface area contributed by atoms with Gasteiger partial charge in [0.1, 0.15) is 0 Å². The number of nitrogens with zero attached hydrogens (tertiary/aromatic N) is 1. The van der Waals surface area contributed by atoms with Gasteiger partial charge in [-0.1, -0.05) is 6.07 Å². The molecule has 1 aromatic heterocycles. The van der Waals surface area contributed by atoms with Crippen molar-refractivity contribution in [3.05, 3.63) is 24.0 Å². The molecule has 0 aliphatic carbocycles. The fourth-order valence-electron chi connectivity index (χ4n) is 1.82. The Morgan fingerprint density at radius 2 is 2.06 bits per heavy atom. The number of hydrogen-bond donors (Lipinski definition) is 1. The zero-order chi connectivity index (χ0) is 13.6. The quantitative estimate of drug-likeness (QED) is 0.800. The lowest BCUT2D eigenvalue weighted by atomic mass is 9.78. The monoisotopic (exact) mass is 249 g/mol. The van der Waals surface area contributed by atoms with E-state index in [1.807, 2.05) is 26.8 Å². The summed E-state index contributed by atoms with van der Waals surface area (Å²) in [5.74, 6) is 0. The van der Waals surface area contributed by atoms with Crippen LogP contribution in [-0.4, -0.2) is 28.9 Å². The Hall–Kier alpha value is -0.905. The number of rotatable bonds is 2. The SMILES string of the molecule is CC1OB(c2cncc(C(C)(C)O)c2)OC1(C)C. The van der Waals surface area contributed by atoms with Crippen LogP contribution < -0.4 is 5.46 Å². The van der Waals surface area contributed by atoms with Gasteiger partial charge in [0.2, 0.25) is 0 Å². The Labute approximate surface area is 108 Å². The summed E-state index contributed by atoms with van der Waals surface area (Å²) in [6.45, 7) is 9.47. The average molecular weight is 249 g/mol. The van der Waals surface area contributed by atoms with Gasteiger partial charge in [0.15, 0.2) is 0 Å². The summed E-state index contributed by atoms with van der Waals surface area (Å²) in [6, 6.07) is 1.88. The van der Waals surface area contributed by atoms with Gasteiger partial charge in [-0.3, -0.25) is 4.98 Å². The maximum atomic E-state index is 9.99. The van der Waals surface area contributed by atoms with Crippen LogP contribution in [-0.2, 0) is 14.9 Å². The van der Waals surface area contributed by atoms with E-state index in [4.69, 9.17) is 9.31 Å². The summed E-state index contributed by atoms with van der Waals surface area (Å²) in [4.78, 5) is 4.15. The summed E-state index contributed by atoms with van der Waals surface area (Å²) in [6.07, 6.45) is 3.40. The molecule has 0 saturated carbocycles. The second kappa shape index (κ2) is 4.33. The lowest BCUT2D eigenvalue weighted by molar-refractivity contribution is 0.0783. The van der Waals surface area contributed by atoms with E-state index in [2.05, 4.69) is 4.98 Å². The van der Waals surface area contributed by atoms with Crippen LogP contribution >= 0.6 is 0 Å². The van der Waals surface area contributed by atoms with E-state index < -0.39 is 12.7 Å². The molecule has 2 rings (SSSR count). The van der Waals surface area contributed by atoms with Crippen LogP contribution in [0.25, 0.3) is 0 Å². The molecule has 1 N–H and O–H groups in total. The van der Waals surface area contributed by atoms with Gasteiger partial charge in [-0.05, 0) is 34.6 Å².